The summed E-state index contributed by atoms with van der Waals surface area (Å²) in [5, 5.41) is 0. The topological polar surface area (TPSA) is 26.3 Å². The molecule has 0 saturated carbocycles. The minimum atomic E-state index is -0.223. The van der Waals surface area contributed by atoms with Crippen LogP contribution in [0.2, 0.25) is 0 Å². The minimum Gasteiger partial charge on any atom is -0.462 e. The summed E-state index contributed by atoms with van der Waals surface area (Å²) in [6.07, 6.45) is 27.0. The normalized spacial score (nSPS) is 11.2. The van der Waals surface area contributed by atoms with Crippen LogP contribution in [0, 0.1) is 5.92 Å². The Bertz CT molecular complexity index is 366. The zero-order valence-corrected chi connectivity index (χ0v) is 21.0. The molecule has 0 atom stereocenters. The first-order valence-electron chi connectivity index (χ1n) is 13.4. The Morgan fingerprint density at radius 2 is 0.967 bits per heavy atom. The van der Waals surface area contributed by atoms with E-state index >= 15 is 0 Å². The number of ether oxygens (including phenoxy) is 1. The van der Waals surface area contributed by atoms with Crippen molar-refractivity contribution in [2.75, 3.05) is 6.61 Å². The maximum Gasteiger partial charge on any atom is 0.333 e. The Kier molecular flexibility index (Phi) is 22.3. The first kappa shape index (κ1) is 29.2. The molecule has 0 rings (SSSR count). The highest BCUT2D eigenvalue weighted by Gasteiger charge is 2.12. The predicted molar refractivity (Wildman–Crippen MR) is 133 cm³/mol. The van der Waals surface area contributed by atoms with E-state index in [0.29, 0.717) is 18.1 Å². The summed E-state index contributed by atoms with van der Waals surface area (Å²) >= 11 is 0. The van der Waals surface area contributed by atoms with E-state index in [2.05, 4.69) is 20.4 Å². The third-order valence-electron chi connectivity index (χ3n) is 6.23. The smallest absolute Gasteiger partial charge is 0.333 e. The standard InChI is InChI=1S/C28H54O2/c1-5-7-9-11-13-15-17-19-21-23-27(25-30-28(29)26(3)4)24-22-20-18-16-14-12-10-8-6-2/h27H,3,5-25H2,1-2,4H3. The predicted octanol–water partition coefficient (Wildman–Crippen LogP) is 9.56. The van der Waals surface area contributed by atoms with Gasteiger partial charge >= 0.3 is 5.97 Å². The largest absolute Gasteiger partial charge is 0.462 e. The van der Waals surface area contributed by atoms with Gasteiger partial charge in [-0.1, -0.05) is 136 Å². The molecule has 2 nitrogen and oxygen atoms in total. The molecule has 30 heavy (non-hydrogen) atoms. The van der Waals surface area contributed by atoms with E-state index < -0.39 is 0 Å². The SMILES string of the molecule is C=C(C)C(=O)OCC(CCCCCCCCCCC)CCCCCCCCCCC. The van der Waals surface area contributed by atoms with E-state index in [1.54, 1.807) is 6.92 Å². The summed E-state index contributed by atoms with van der Waals surface area (Å²) in [6.45, 7) is 10.6. The molecule has 2 heteroatoms. The van der Waals surface area contributed by atoms with Gasteiger partial charge in [0.05, 0.1) is 6.61 Å². The van der Waals surface area contributed by atoms with Crippen molar-refractivity contribution in [3.05, 3.63) is 12.2 Å². The molecule has 0 aromatic heterocycles. The molecular formula is C28H54O2. The summed E-state index contributed by atoms with van der Waals surface area (Å²) in [7, 11) is 0. The molecule has 0 bridgehead atoms. The van der Waals surface area contributed by atoms with Gasteiger partial charge in [0.15, 0.2) is 0 Å². The maximum atomic E-state index is 11.8. The van der Waals surface area contributed by atoms with E-state index in [1.807, 2.05) is 0 Å². The third kappa shape index (κ3) is 20.5. The molecule has 0 aliphatic carbocycles. The van der Waals surface area contributed by atoms with E-state index in [1.165, 1.54) is 128 Å². The molecule has 0 aliphatic rings. The summed E-state index contributed by atoms with van der Waals surface area (Å²) in [4.78, 5) is 11.8. The van der Waals surface area contributed by atoms with Gasteiger partial charge in [0, 0.05) is 5.57 Å². The van der Waals surface area contributed by atoms with Gasteiger partial charge in [-0.05, 0) is 25.7 Å². The highest BCUT2D eigenvalue weighted by atomic mass is 16.5. The zero-order valence-electron chi connectivity index (χ0n) is 21.0. The molecule has 0 amide bonds. The second kappa shape index (κ2) is 22.9. The number of carbonyl (C=O) groups is 1. The van der Waals surface area contributed by atoms with E-state index in [4.69, 9.17) is 4.74 Å². The van der Waals surface area contributed by atoms with Crippen LogP contribution < -0.4 is 0 Å². The van der Waals surface area contributed by atoms with E-state index in [0.717, 1.165) is 0 Å². The molecule has 0 heterocycles. The summed E-state index contributed by atoms with van der Waals surface area (Å²) in [5.74, 6) is 0.307. The van der Waals surface area contributed by atoms with Crippen molar-refractivity contribution < 1.29 is 9.53 Å². The maximum absolute atomic E-state index is 11.8. The third-order valence-corrected chi connectivity index (χ3v) is 6.23. The van der Waals surface area contributed by atoms with Crippen LogP contribution in [-0.4, -0.2) is 12.6 Å². The number of hydrogen-bond donors (Lipinski definition) is 0. The average Bonchev–Trinajstić information content (AvgIpc) is 2.74. The van der Waals surface area contributed by atoms with Gasteiger partial charge in [0.2, 0.25) is 0 Å². The van der Waals surface area contributed by atoms with Gasteiger partial charge in [-0.15, -0.1) is 0 Å². The lowest BCUT2D eigenvalue weighted by Crippen LogP contribution is -2.15. The van der Waals surface area contributed by atoms with Crippen molar-refractivity contribution in [2.45, 2.75) is 149 Å². The minimum absolute atomic E-state index is 0.223. The lowest BCUT2D eigenvalue weighted by Gasteiger charge is -2.17. The fourth-order valence-electron chi connectivity index (χ4n) is 4.12. The average molecular weight is 423 g/mol. The molecular weight excluding hydrogens is 368 g/mol. The lowest BCUT2D eigenvalue weighted by molar-refractivity contribution is -0.140. The molecule has 0 saturated heterocycles. The van der Waals surface area contributed by atoms with Crippen LogP contribution in [0.15, 0.2) is 12.2 Å². The van der Waals surface area contributed by atoms with Crippen LogP contribution in [0.1, 0.15) is 149 Å². The van der Waals surface area contributed by atoms with Gasteiger partial charge in [-0.3, -0.25) is 0 Å². The van der Waals surface area contributed by atoms with Crippen molar-refractivity contribution in [3.8, 4) is 0 Å². The van der Waals surface area contributed by atoms with Crippen LogP contribution in [0.25, 0.3) is 0 Å². The Labute approximate surface area is 189 Å². The van der Waals surface area contributed by atoms with E-state index in [-0.39, 0.29) is 5.97 Å². The Morgan fingerprint density at radius 1 is 0.633 bits per heavy atom. The van der Waals surface area contributed by atoms with Crippen molar-refractivity contribution in [3.63, 3.8) is 0 Å². The van der Waals surface area contributed by atoms with Gasteiger partial charge in [0.25, 0.3) is 0 Å². The number of hydrogen-bond acceptors (Lipinski definition) is 2. The van der Waals surface area contributed by atoms with Crippen molar-refractivity contribution in [1.82, 2.24) is 0 Å². The van der Waals surface area contributed by atoms with Crippen LogP contribution >= 0.6 is 0 Å². The number of esters is 1. The first-order valence-corrected chi connectivity index (χ1v) is 13.4. The fourth-order valence-corrected chi connectivity index (χ4v) is 4.12. The Balaban J connectivity index is 3.88. The summed E-state index contributed by atoms with van der Waals surface area (Å²) in [5.41, 5.74) is 0.514. The van der Waals surface area contributed by atoms with Gasteiger partial charge in [-0.2, -0.15) is 0 Å². The Hall–Kier alpha value is -0.790. The second-order valence-corrected chi connectivity index (χ2v) is 9.48. The van der Waals surface area contributed by atoms with Crippen molar-refractivity contribution >= 4 is 5.97 Å². The summed E-state index contributed by atoms with van der Waals surface area (Å²) in [6, 6.07) is 0. The molecule has 0 radical (unpaired) electrons. The molecule has 0 N–H and O–H groups in total. The highest BCUT2D eigenvalue weighted by molar-refractivity contribution is 5.86. The van der Waals surface area contributed by atoms with E-state index in [9.17, 15) is 4.79 Å². The Morgan fingerprint density at radius 3 is 1.30 bits per heavy atom. The van der Waals surface area contributed by atoms with Crippen LogP contribution in [-0.2, 0) is 9.53 Å². The number of rotatable bonds is 23. The van der Waals surface area contributed by atoms with Crippen molar-refractivity contribution in [2.24, 2.45) is 5.92 Å². The molecule has 0 aromatic carbocycles. The van der Waals surface area contributed by atoms with Crippen molar-refractivity contribution in [1.29, 1.82) is 0 Å². The van der Waals surface area contributed by atoms with Crippen LogP contribution in [0.4, 0.5) is 0 Å². The van der Waals surface area contributed by atoms with Gasteiger partial charge in [-0.25, -0.2) is 4.79 Å². The van der Waals surface area contributed by atoms with Crippen LogP contribution in [0.5, 0.6) is 0 Å². The zero-order chi connectivity index (χ0) is 22.3. The molecule has 0 unspecified atom stereocenters. The number of unbranched alkanes of at least 4 members (excludes halogenated alkanes) is 16. The molecule has 0 aromatic rings. The molecule has 0 spiro atoms. The van der Waals surface area contributed by atoms with Crippen LogP contribution in [0.3, 0.4) is 0 Å². The van der Waals surface area contributed by atoms with Gasteiger partial charge < -0.3 is 4.74 Å². The quantitative estimate of drug-likeness (QED) is 0.0930. The fraction of sp³-hybridized carbons (Fsp3) is 0.893. The first-order chi connectivity index (χ1) is 14.6. The highest BCUT2D eigenvalue weighted by Crippen LogP contribution is 2.20. The molecule has 0 aliphatic heterocycles. The molecule has 178 valence electrons. The summed E-state index contributed by atoms with van der Waals surface area (Å²) < 4.78 is 5.49. The molecule has 0 fully saturated rings. The number of carbonyl (C=O) groups excluding carboxylic acids is 1. The van der Waals surface area contributed by atoms with Gasteiger partial charge in [0.1, 0.15) is 0 Å². The second-order valence-electron chi connectivity index (χ2n) is 9.48. The lowest BCUT2D eigenvalue weighted by atomic mass is 9.94. The monoisotopic (exact) mass is 422 g/mol.